The Labute approximate surface area is 135 Å². The van der Waals surface area contributed by atoms with Gasteiger partial charge < -0.3 is 5.11 Å². The van der Waals surface area contributed by atoms with E-state index in [-0.39, 0.29) is 0 Å². The number of allylic oxidation sites excluding steroid dienone is 1. The second-order valence-electron chi connectivity index (χ2n) is 5.51. The van der Waals surface area contributed by atoms with Gasteiger partial charge in [-0.05, 0) is 28.8 Å². The summed E-state index contributed by atoms with van der Waals surface area (Å²) < 4.78 is 0. The first kappa shape index (κ1) is 15.0. The molecule has 3 rings (SSSR count). The summed E-state index contributed by atoms with van der Waals surface area (Å²) in [4.78, 5) is 15.3. The van der Waals surface area contributed by atoms with E-state index < -0.39 is 11.4 Å². The molecule has 0 bridgehead atoms. The van der Waals surface area contributed by atoms with Crippen LogP contribution in [0.1, 0.15) is 5.56 Å². The maximum absolute atomic E-state index is 11.0. The number of hydrogen-bond donors (Lipinski definition) is 1. The van der Waals surface area contributed by atoms with Gasteiger partial charge in [-0.1, -0.05) is 60.7 Å². The number of carbonyl (C=O) groups is 1. The van der Waals surface area contributed by atoms with Gasteiger partial charge in [0.05, 0.1) is 12.0 Å². The van der Waals surface area contributed by atoms with E-state index in [2.05, 4.69) is 29.3 Å². The number of benzene rings is 2. The number of rotatable bonds is 4. The average Bonchev–Trinajstić information content (AvgIpc) is 2.62. The third kappa shape index (κ3) is 3.29. The molecular formula is C20H17NO2. The van der Waals surface area contributed by atoms with E-state index in [1.165, 1.54) is 6.08 Å². The first-order chi connectivity index (χ1) is 11.2. The van der Waals surface area contributed by atoms with Crippen LogP contribution in [0.15, 0.2) is 83.9 Å². The molecule has 2 aromatic rings. The van der Waals surface area contributed by atoms with Crippen LogP contribution in [0.4, 0.5) is 0 Å². The van der Waals surface area contributed by atoms with Crippen molar-refractivity contribution in [1.29, 1.82) is 0 Å². The Balaban J connectivity index is 2.06. The Kier molecular flexibility index (Phi) is 4.20. The number of carboxylic acid groups (broad SMARTS) is 1. The fraction of sp³-hybridized carbons (Fsp3) is 0.100. The molecule has 1 aliphatic heterocycles. The number of aliphatic imine (C=N–C) groups is 1. The molecule has 1 N–H and O–H groups in total. The van der Waals surface area contributed by atoms with Crippen LogP contribution < -0.4 is 0 Å². The van der Waals surface area contributed by atoms with Crippen molar-refractivity contribution in [3.8, 4) is 11.1 Å². The Morgan fingerprint density at radius 3 is 2.57 bits per heavy atom. The molecule has 0 saturated heterocycles. The summed E-state index contributed by atoms with van der Waals surface area (Å²) in [5.74, 6) is -0.952. The molecule has 1 aliphatic rings. The van der Waals surface area contributed by atoms with Gasteiger partial charge in [0.25, 0.3) is 0 Å². The summed E-state index contributed by atoms with van der Waals surface area (Å²) in [5.41, 5.74) is 2.76. The van der Waals surface area contributed by atoms with Crippen LogP contribution >= 0.6 is 0 Å². The van der Waals surface area contributed by atoms with Gasteiger partial charge in [0.1, 0.15) is 0 Å². The van der Waals surface area contributed by atoms with Gasteiger partial charge in [0, 0.05) is 12.3 Å². The number of hydrogen-bond acceptors (Lipinski definition) is 2. The summed E-state index contributed by atoms with van der Waals surface area (Å²) in [7, 11) is 0. The van der Waals surface area contributed by atoms with Crippen molar-refractivity contribution in [3.05, 3.63) is 84.5 Å². The van der Waals surface area contributed by atoms with Crippen LogP contribution in [0.3, 0.4) is 0 Å². The lowest BCUT2D eigenvalue weighted by Crippen LogP contribution is -2.27. The molecule has 0 saturated carbocycles. The second kappa shape index (κ2) is 6.44. The molecule has 114 valence electrons. The molecule has 3 nitrogen and oxygen atoms in total. The monoisotopic (exact) mass is 303 g/mol. The van der Waals surface area contributed by atoms with Gasteiger partial charge >= 0.3 is 5.97 Å². The predicted octanol–water partition coefficient (Wildman–Crippen LogP) is 3.87. The summed E-state index contributed by atoms with van der Waals surface area (Å²) in [6, 6.07) is 18.3. The highest BCUT2D eigenvalue weighted by atomic mass is 16.4. The molecule has 0 aromatic heterocycles. The highest BCUT2D eigenvalue weighted by molar-refractivity contribution is 5.81. The first-order valence-electron chi connectivity index (χ1n) is 7.45. The van der Waals surface area contributed by atoms with Gasteiger partial charge in [-0.3, -0.25) is 4.99 Å². The van der Waals surface area contributed by atoms with Crippen LogP contribution in [0.5, 0.6) is 0 Å². The normalized spacial score (nSPS) is 20.0. The number of nitrogens with zero attached hydrogens (tertiary/aromatic N) is 1. The standard InChI is InChI=1S/C20H17NO2/c22-19(23)10-12-20(11-5-13-21-15-20)18-9-4-8-17(14-18)16-6-2-1-3-7-16/h1-14H,15H2,(H,22,23)/b12-10+. The van der Waals surface area contributed by atoms with Gasteiger partial charge in [-0.2, -0.15) is 0 Å². The smallest absolute Gasteiger partial charge is 0.328 e. The zero-order chi connectivity index (χ0) is 16.1. The molecule has 0 amide bonds. The van der Waals surface area contributed by atoms with E-state index in [1.54, 1.807) is 12.3 Å². The Morgan fingerprint density at radius 1 is 1.09 bits per heavy atom. The fourth-order valence-corrected chi connectivity index (χ4v) is 2.76. The maximum atomic E-state index is 11.0. The largest absolute Gasteiger partial charge is 0.478 e. The van der Waals surface area contributed by atoms with Crippen molar-refractivity contribution in [1.82, 2.24) is 0 Å². The van der Waals surface area contributed by atoms with Crippen LogP contribution in [0.2, 0.25) is 0 Å². The third-order valence-corrected chi connectivity index (χ3v) is 3.97. The zero-order valence-electron chi connectivity index (χ0n) is 12.6. The van der Waals surface area contributed by atoms with Crippen LogP contribution in [0.25, 0.3) is 11.1 Å². The second-order valence-corrected chi connectivity index (χ2v) is 5.51. The average molecular weight is 303 g/mol. The van der Waals surface area contributed by atoms with E-state index in [0.29, 0.717) is 6.54 Å². The molecule has 3 heteroatoms. The van der Waals surface area contributed by atoms with Crippen LogP contribution in [0, 0.1) is 0 Å². The summed E-state index contributed by atoms with van der Waals surface area (Å²) >= 11 is 0. The van der Waals surface area contributed by atoms with E-state index in [0.717, 1.165) is 16.7 Å². The first-order valence-corrected chi connectivity index (χ1v) is 7.45. The molecule has 23 heavy (non-hydrogen) atoms. The quantitative estimate of drug-likeness (QED) is 0.872. The van der Waals surface area contributed by atoms with E-state index in [1.807, 2.05) is 42.5 Å². The Bertz CT molecular complexity index is 790. The molecular weight excluding hydrogens is 286 g/mol. The fourth-order valence-electron chi connectivity index (χ4n) is 2.76. The SMILES string of the molecule is O=C(O)/C=C/C1(c2cccc(-c3ccccc3)c2)C=CC=NC1. The summed E-state index contributed by atoms with van der Waals surface area (Å²) in [5, 5.41) is 8.99. The highest BCUT2D eigenvalue weighted by Gasteiger charge is 2.28. The Morgan fingerprint density at radius 2 is 1.87 bits per heavy atom. The van der Waals surface area contributed by atoms with Crippen molar-refractivity contribution in [3.63, 3.8) is 0 Å². The molecule has 1 heterocycles. The molecule has 2 aromatic carbocycles. The highest BCUT2D eigenvalue weighted by Crippen LogP contribution is 2.32. The number of carboxylic acids is 1. The van der Waals surface area contributed by atoms with Crippen molar-refractivity contribution in [2.75, 3.05) is 6.54 Å². The molecule has 1 unspecified atom stereocenters. The van der Waals surface area contributed by atoms with Crippen molar-refractivity contribution in [2.45, 2.75) is 5.41 Å². The maximum Gasteiger partial charge on any atom is 0.328 e. The minimum atomic E-state index is -0.952. The van der Waals surface area contributed by atoms with Crippen LogP contribution in [-0.4, -0.2) is 23.8 Å². The predicted molar refractivity (Wildman–Crippen MR) is 92.8 cm³/mol. The van der Waals surface area contributed by atoms with Gasteiger partial charge in [-0.15, -0.1) is 0 Å². The molecule has 1 atom stereocenters. The summed E-state index contributed by atoms with van der Waals surface area (Å²) in [6.45, 7) is 0.505. The lowest BCUT2D eigenvalue weighted by molar-refractivity contribution is -0.131. The molecule has 0 aliphatic carbocycles. The minimum Gasteiger partial charge on any atom is -0.478 e. The summed E-state index contributed by atoms with van der Waals surface area (Å²) in [6.07, 6.45) is 8.52. The van der Waals surface area contributed by atoms with Crippen molar-refractivity contribution in [2.24, 2.45) is 4.99 Å². The van der Waals surface area contributed by atoms with Gasteiger partial charge in [0.15, 0.2) is 0 Å². The van der Waals surface area contributed by atoms with E-state index >= 15 is 0 Å². The van der Waals surface area contributed by atoms with E-state index in [4.69, 9.17) is 5.11 Å². The molecule has 0 fully saturated rings. The molecule has 0 radical (unpaired) electrons. The number of dihydropyridines is 1. The number of aliphatic carboxylic acids is 1. The zero-order valence-corrected chi connectivity index (χ0v) is 12.6. The lowest BCUT2D eigenvalue weighted by Gasteiger charge is -2.28. The van der Waals surface area contributed by atoms with Crippen LogP contribution in [-0.2, 0) is 10.2 Å². The minimum absolute atomic E-state index is 0.505. The van der Waals surface area contributed by atoms with E-state index in [9.17, 15) is 4.79 Å². The van der Waals surface area contributed by atoms with Crippen molar-refractivity contribution >= 4 is 12.2 Å². The van der Waals surface area contributed by atoms with Gasteiger partial charge in [0.2, 0.25) is 0 Å². The lowest BCUT2D eigenvalue weighted by atomic mass is 9.78. The van der Waals surface area contributed by atoms with Crippen molar-refractivity contribution < 1.29 is 9.90 Å². The topological polar surface area (TPSA) is 49.7 Å². The Hall–Kier alpha value is -2.94. The van der Waals surface area contributed by atoms with Gasteiger partial charge in [-0.25, -0.2) is 4.79 Å². The molecule has 0 spiro atoms. The third-order valence-electron chi connectivity index (χ3n) is 3.97.